The Morgan fingerprint density at radius 3 is 2.48 bits per heavy atom. The molecule has 1 unspecified atom stereocenters. The van der Waals surface area contributed by atoms with Crippen molar-refractivity contribution in [3.63, 3.8) is 0 Å². The molecule has 0 heterocycles. The van der Waals surface area contributed by atoms with E-state index < -0.39 is 22.8 Å². The SMILES string of the molecule is COC(=O)C(NC(=O)c1cccc([N+](=O)[O-])c1Br)C(C)C. The van der Waals surface area contributed by atoms with E-state index in [1.54, 1.807) is 13.8 Å². The van der Waals surface area contributed by atoms with E-state index in [2.05, 4.69) is 26.0 Å². The van der Waals surface area contributed by atoms with Gasteiger partial charge in [0.25, 0.3) is 11.6 Å². The lowest BCUT2D eigenvalue weighted by Crippen LogP contribution is -2.45. The molecule has 0 saturated carbocycles. The van der Waals surface area contributed by atoms with Crippen LogP contribution in [0.2, 0.25) is 0 Å². The summed E-state index contributed by atoms with van der Waals surface area (Å²) in [5.74, 6) is -1.34. The standard InChI is InChI=1S/C13H15BrN2O5/c1-7(2)11(13(18)21-3)15-12(17)8-5-4-6-9(10(8)14)16(19)20/h4-7,11H,1-3H3,(H,15,17). The average Bonchev–Trinajstić information content (AvgIpc) is 2.43. The Morgan fingerprint density at radius 2 is 2.00 bits per heavy atom. The summed E-state index contributed by atoms with van der Waals surface area (Å²) in [6.45, 7) is 3.51. The second kappa shape index (κ2) is 7.16. The topological polar surface area (TPSA) is 98.5 Å². The number of hydrogen-bond acceptors (Lipinski definition) is 5. The third-order valence-corrected chi connectivity index (χ3v) is 3.66. The zero-order chi connectivity index (χ0) is 16.2. The number of nitrogens with one attached hydrogen (secondary N) is 1. The van der Waals surface area contributed by atoms with Crippen LogP contribution in [0.1, 0.15) is 24.2 Å². The van der Waals surface area contributed by atoms with Gasteiger partial charge in [0.1, 0.15) is 10.5 Å². The first-order valence-electron chi connectivity index (χ1n) is 6.11. The molecule has 1 N–H and O–H groups in total. The van der Waals surface area contributed by atoms with Gasteiger partial charge in [-0.2, -0.15) is 0 Å². The van der Waals surface area contributed by atoms with Gasteiger partial charge in [0.15, 0.2) is 0 Å². The van der Waals surface area contributed by atoms with E-state index in [9.17, 15) is 19.7 Å². The van der Waals surface area contributed by atoms with E-state index in [4.69, 9.17) is 0 Å². The van der Waals surface area contributed by atoms with E-state index >= 15 is 0 Å². The van der Waals surface area contributed by atoms with Gasteiger partial charge in [0, 0.05) is 6.07 Å². The summed E-state index contributed by atoms with van der Waals surface area (Å²) >= 11 is 3.04. The van der Waals surface area contributed by atoms with Gasteiger partial charge < -0.3 is 10.1 Å². The van der Waals surface area contributed by atoms with Gasteiger partial charge in [-0.1, -0.05) is 19.9 Å². The maximum Gasteiger partial charge on any atom is 0.328 e. The van der Waals surface area contributed by atoms with Crippen LogP contribution in [0.3, 0.4) is 0 Å². The fourth-order valence-electron chi connectivity index (χ4n) is 1.68. The van der Waals surface area contributed by atoms with Crippen LogP contribution in [-0.2, 0) is 9.53 Å². The van der Waals surface area contributed by atoms with E-state index in [1.807, 2.05) is 0 Å². The molecule has 114 valence electrons. The van der Waals surface area contributed by atoms with Crippen molar-refractivity contribution in [2.24, 2.45) is 5.92 Å². The highest BCUT2D eigenvalue weighted by Gasteiger charge is 2.27. The molecule has 0 aromatic heterocycles. The Morgan fingerprint density at radius 1 is 1.38 bits per heavy atom. The molecule has 1 aromatic rings. The highest BCUT2D eigenvalue weighted by atomic mass is 79.9. The van der Waals surface area contributed by atoms with Crippen LogP contribution in [0.4, 0.5) is 5.69 Å². The minimum atomic E-state index is -0.825. The Labute approximate surface area is 129 Å². The molecule has 0 spiro atoms. The lowest BCUT2D eigenvalue weighted by atomic mass is 10.0. The molecule has 1 rings (SSSR count). The van der Waals surface area contributed by atoms with Crippen LogP contribution >= 0.6 is 15.9 Å². The predicted molar refractivity (Wildman–Crippen MR) is 78.9 cm³/mol. The maximum absolute atomic E-state index is 12.2. The number of benzene rings is 1. The quantitative estimate of drug-likeness (QED) is 0.494. The number of amides is 1. The smallest absolute Gasteiger partial charge is 0.328 e. The zero-order valence-electron chi connectivity index (χ0n) is 11.8. The summed E-state index contributed by atoms with van der Waals surface area (Å²) in [4.78, 5) is 34.1. The Hall–Kier alpha value is -1.96. The van der Waals surface area contributed by atoms with Crippen molar-refractivity contribution in [2.75, 3.05) is 7.11 Å². The fraction of sp³-hybridized carbons (Fsp3) is 0.385. The predicted octanol–water partition coefficient (Wildman–Crippen LogP) is 2.28. The molecule has 21 heavy (non-hydrogen) atoms. The molecule has 0 saturated heterocycles. The van der Waals surface area contributed by atoms with E-state index in [1.165, 1.54) is 25.3 Å². The van der Waals surface area contributed by atoms with Crippen molar-refractivity contribution in [2.45, 2.75) is 19.9 Å². The molecule has 8 heteroatoms. The van der Waals surface area contributed by atoms with Crippen LogP contribution in [0.25, 0.3) is 0 Å². The first-order chi connectivity index (χ1) is 9.79. The molecule has 0 aliphatic carbocycles. The van der Waals surface area contributed by atoms with Gasteiger partial charge in [0.2, 0.25) is 0 Å². The Kier molecular flexibility index (Phi) is 5.83. The number of nitro groups is 1. The number of halogens is 1. The summed E-state index contributed by atoms with van der Waals surface area (Å²) in [6.07, 6.45) is 0. The van der Waals surface area contributed by atoms with Crippen LogP contribution in [0, 0.1) is 16.0 Å². The van der Waals surface area contributed by atoms with Crippen molar-refractivity contribution in [1.29, 1.82) is 0 Å². The first-order valence-corrected chi connectivity index (χ1v) is 6.90. The minimum Gasteiger partial charge on any atom is -0.467 e. The molecule has 0 fully saturated rings. The number of carbonyl (C=O) groups excluding carboxylic acids is 2. The molecule has 1 aromatic carbocycles. The molecule has 0 aliphatic rings. The molecule has 7 nitrogen and oxygen atoms in total. The van der Waals surface area contributed by atoms with Gasteiger partial charge in [-0.15, -0.1) is 0 Å². The lowest BCUT2D eigenvalue weighted by molar-refractivity contribution is -0.385. The van der Waals surface area contributed by atoms with Crippen LogP contribution in [-0.4, -0.2) is 30.0 Å². The van der Waals surface area contributed by atoms with Gasteiger partial charge >= 0.3 is 5.97 Å². The normalized spacial score (nSPS) is 11.9. The van der Waals surface area contributed by atoms with Crippen molar-refractivity contribution in [3.8, 4) is 0 Å². The number of carbonyl (C=O) groups is 2. The highest BCUT2D eigenvalue weighted by Crippen LogP contribution is 2.28. The van der Waals surface area contributed by atoms with E-state index in [0.29, 0.717) is 0 Å². The number of methoxy groups -OCH3 is 1. The molecule has 1 atom stereocenters. The molecular weight excluding hydrogens is 344 g/mol. The third kappa shape index (κ3) is 4.01. The molecule has 1 amide bonds. The van der Waals surface area contributed by atoms with Crippen LogP contribution in [0.15, 0.2) is 22.7 Å². The van der Waals surface area contributed by atoms with Gasteiger partial charge in [-0.05, 0) is 27.9 Å². The first kappa shape index (κ1) is 17.1. The zero-order valence-corrected chi connectivity index (χ0v) is 13.3. The molecular formula is C13H15BrN2O5. The largest absolute Gasteiger partial charge is 0.467 e. The number of nitrogens with zero attached hydrogens (tertiary/aromatic N) is 1. The molecule has 0 aliphatic heterocycles. The summed E-state index contributed by atoms with van der Waals surface area (Å²) in [6, 6.07) is 3.29. The summed E-state index contributed by atoms with van der Waals surface area (Å²) in [7, 11) is 1.23. The molecule has 0 bridgehead atoms. The lowest BCUT2D eigenvalue weighted by Gasteiger charge is -2.20. The van der Waals surface area contributed by atoms with Crippen molar-refractivity contribution >= 4 is 33.5 Å². The van der Waals surface area contributed by atoms with Crippen molar-refractivity contribution < 1.29 is 19.2 Å². The van der Waals surface area contributed by atoms with Crippen molar-refractivity contribution in [3.05, 3.63) is 38.3 Å². The van der Waals surface area contributed by atoms with Gasteiger partial charge in [-0.25, -0.2) is 4.79 Å². The second-order valence-electron chi connectivity index (χ2n) is 4.61. The van der Waals surface area contributed by atoms with Gasteiger partial charge in [-0.3, -0.25) is 14.9 Å². The number of hydrogen-bond donors (Lipinski definition) is 1. The van der Waals surface area contributed by atoms with Crippen LogP contribution in [0.5, 0.6) is 0 Å². The Bertz CT molecular complexity index is 574. The average molecular weight is 359 g/mol. The third-order valence-electron chi connectivity index (χ3n) is 2.83. The Balaban J connectivity index is 3.06. The number of ether oxygens (including phenoxy) is 1. The molecule has 0 radical (unpaired) electrons. The second-order valence-corrected chi connectivity index (χ2v) is 5.41. The summed E-state index contributed by atoms with van der Waals surface area (Å²) in [5, 5.41) is 13.4. The van der Waals surface area contributed by atoms with Gasteiger partial charge in [0.05, 0.1) is 17.6 Å². The minimum absolute atomic E-state index is 0.0693. The summed E-state index contributed by atoms with van der Waals surface area (Å²) < 4.78 is 4.70. The van der Waals surface area contributed by atoms with Crippen LogP contribution < -0.4 is 5.32 Å². The van der Waals surface area contributed by atoms with E-state index in [-0.39, 0.29) is 21.6 Å². The van der Waals surface area contributed by atoms with Crippen molar-refractivity contribution in [1.82, 2.24) is 5.32 Å². The maximum atomic E-state index is 12.2. The number of rotatable bonds is 5. The van der Waals surface area contributed by atoms with E-state index in [0.717, 1.165) is 0 Å². The number of esters is 1. The number of nitro benzene ring substituents is 1. The highest BCUT2D eigenvalue weighted by molar-refractivity contribution is 9.10. The summed E-state index contributed by atoms with van der Waals surface area (Å²) in [5.41, 5.74) is -0.138. The monoisotopic (exact) mass is 358 g/mol. The fourth-order valence-corrected chi connectivity index (χ4v) is 2.27.